The van der Waals surface area contributed by atoms with E-state index in [1.165, 1.54) is 26.4 Å². The predicted octanol–water partition coefficient (Wildman–Crippen LogP) is 1.09. The number of ether oxygens (including phenoxy) is 2. The highest BCUT2D eigenvalue weighted by Gasteiger charge is 2.30. The van der Waals surface area contributed by atoms with Gasteiger partial charge in [-0.1, -0.05) is 13.8 Å². The first-order valence-corrected chi connectivity index (χ1v) is 7.68. The van der Waals surface area contributed by atoms with Gasteiger partial charge in [0.2, 0.25) is 10.0 Å². The second-order valence-corrected chi connectivity index (χ2v) is 6.38. The first-order valence-electron chi connectivity index (χ1n) is 6.20. The van der Waals surface area contributed by atoms with Gasteiger partial charge in [-0.2, -0.15) is 4.72 Å². The molecule has 0 aromatic heterocycles. The highest BCUT2D eigenvalue weighted by Crippen LogP contribution is 2.28. The lowest BCUT2D eigenvalue weighted by Crippen LogP contribution is -2.44. The molecule has 0 saturated carbocycles. The van der Waals surface area contributed by atoms with Gasteiger partial charge in [-0.15, -0.1) is 0 Å². The summed E-state index contributed by atoms with van der Waals surface area (Å²) in [5.74, 6) is -1.21. The molecular formula is C13H19NO6S. The molecule has 21 heavy (non-hydrogen) atoms. The average molecular weight is 317 g/mol. The Balaban J connectivity index is 3.26. The molecule has 8 heteroatoms. The predicted molar refractivity (Wildman–Crippen MR) is 76.1 cm³/mol. The van der Waals surface area contributed by atoms with Gasteiger partial charge in [0, 0.05) is 6.07 Å². The van der Waals surface area contributed by atoms with Crippen molar-refractivity contribution in [2.45, 2.75) is 24.8 Å². The Labute approximate surface area is 123 Å². The van der Waals surface area contributed by atoms with Crippen molar-refractivity contribution in [3.8, 4) is 11.5 Å². The fraction of sp³-hybridized carbons (Fsp3) is 0.462. The van der Waals surface area contributed by atoms with Crippen molar-refractivity contribution in [1.82, 2.24) is 4.72 Å². The quantitative estimate of drug-likeness (QED) is 0.780. The molecule has 7 nitrogen and oxygen atoms in total. The van der Waals surface area contributed by atoms with Gasteiger partial charge in [-0.25, -0.2) is 8.42 Å². The van der Waals surface area contributed by atoms with E-state index in [1.54, 1.807) is 19.9 Å². The first kappa shape index (κ1) is 17.3. The lowest BCUT2D eigenvalue weighted by molar-refractivity contribution is -0.140. The van der Waals surface area contributed by atoms with E-state index in [2.05, 4.69) is 4.72 Å². The number of hydrogen-bond donors (Lipinski definition) is 2. The van der Waals surface area contributed by atoms with E-state index in [4.69, 9.17) is 14.6 Å². The maximum Gasteiger partial charge on any atom is 0.322 e. The molecule has 1 aromatic rings. The minimum Gasteiger partial charge on any atom is -0.497 e. The van der Waals surface area contributed by atoms with Gasteiger partial charge in [0.25, 0.3) is 0 Å². The van der Waals surface area contributed by atoms with Crippen LogP contribution >= 0.6 is 0 Å². The smallest absolute Gasteiger partial charge is 0.322 e. The molecule has 0 spiro atoms. The first-order chi connectivity index (χ1) is 9.72. The summed E-state index contributed by atoms with van der Waals surface area (Å²) < 4.78 is 36.9. The number of nitrogens with one attached hydrogen (secondary N) is 1. The number of methoxy groups -OCH3 is 2. The Bertz CT molecular complexity index is 611. The van der Waals surface area contributed by atoms with Crippen molar-refractivity contribution in [2.75, 3.05) is 14.2 Å². The van der Waals surface area contributed by atoms with E-state index in [9.17, 15) is 13.2 Å². The summed E-state index contributed by atoms with van der Waals surface area (Å²) >= 11 is 0. The van der Waals surface area contributed by atoms with Gasteiger partial charge < -0.3 is 14.6 Å². The molecule has 0 fully saturated rings. The zero-order chi connectivity index (χ0) is 16.2. The third-order valence-electron chi connectivity index (χ3n) is 2.88. The minimum absolute atomic E-state index is 0.108. The zero-order valence-corrected chi connectivity index (χ0v) is 13.1. The Kier molecular flexibility index (Phi) is 5.56. The van der Waals surface area contributed by atoms with Crippen LogP contribution in [0.5, 0.6) is 11.5 Å². The molecule has 0 bridgehead atoms. The van der Waals surface area contributed by atoms with Crippen LogP contribution < -0.4 is 14.2 Å². The number of aliphatic carboxylic acids is 1. The molecule has 0 heterocycles. The van der Waals surface area contributed by atoms with Crippen LogP contribution in [0.3, 0.4) is 0 Å². The number of carboxylic acids is 1. The van der Waals surface area contributed by atoms with Crippen LogP contribution in [0.15, 0.2) is 23.1 Å². The topological polar surface area (TPSA) is 102 Å². The largest absolute Gasteiger partial charge is 0.497 e. The fourth-order valence-electron chi connectivity index (χ4n) is 1.70. The summed E-state index contributed by atoms with van der Waals surface area (Å²) in [4.78, 5) is 11.0. The molecule has 0 radical (unpaired) electrons. The summed E-state index contributed by atoms with van der Waals surface area (Å²) in [5, 5.41) is 9.10. The summed E-state index contributed by atoms with van der Waals surface area (Å²) in [6.07, 6.45) is 0. The lowest BCUT2D eigenvalue weighted by atomic mass is 10.1. The second kappa shape index (κ2) is 6.77. The van der Waals surface area contributed by atoms with E-state index in [0.29, 0.717) is 5.75 Å². The molecule has 118 valence electrons. The monoisotopic (exact) mass is 317 g/mol. The summed E-state index contributed by atoms with van der Waals surface area (Å²) in [5.41, 5.74) is 0. The highest BCUT2D eigenvalue weighted by atomic mass is 32.2. The number of benzene rings is 1. The van der Waals surface area contributed by atoms with Gasteiger partial charge >= 0.3 is 5.97 Å². The molecule has 1 aromatic carbocycles. The highest BCUT2D eigenvalue weighted by molar-refractivity contribution is 7.89. The molecule has 0 saturated heterocycles. The minimum atomic E-state index is -4.06. The molecular weight excluding hydrogens is 298 g/mol. The van der Waals surface area contributed by atoms with Crippen LogP contribution in [-0.4, -0.2) is 39.8 Å². The summed E-state index contributed by atoms with van der Waals surface area (Å²) in [7, 11) is -1.33. The van der Waals surface area contributed by atoms with Crippen LogP contribution in [-0.2, 0) is 14.8 Å². The maximum absolute atomic E-state index is 12.4. The lowest BCUT2D eigenvalue weighted by Gasteiger charge is -2.19. The van der Waals surface area contributed by atoms with E-state index < -0.39 is 28.0 Å². The van der Waals surface area contributed by atoms with Crippen molar-refractivity contribution in [2.24, 2.45) is 5.92 Å². The van der Waals surface area contributed by atoms with Gasteiger partial charge in [-0.3, -0.25) is 4.79 Å². The van der Waals surface area contributed by atoms with E-state index in [-0.39, 0.29) is 10.6 Å². The SMILES string of the molecule is COc1ccc(OC)c(S(=O)(=O)NC(C(=O)O)C(C)C)c1. The van der Waals surface area contributed by atoms with Crippen LogP contribution in [0.25, 0.3) is 0 Å². The molecule has 1 atom stereocenters. The Morgan fingerprint density at radius 2 is 1.86 bits per heavy atom. The molecule has 1 unspecified atom stereocenters. The molecule has 0 aliphatic heterocycles. The van der Waals surface area contributed by atoms with Crippen molar-refractivity contribution in [3.05, 3.63) is 18.2 Å². The Morgan fingerprint density at radius 3 is 2.29 bits per heavy atom. The third kappa shape index (κ3) is 4.08. The van der Waals surface area contributed by atoms with Gasteiger partial charge in [-0.05, 0) is 18.1 Å². The second-order valence-electron chi connectivity index (χ2n) is 4.70. The fourth-order valence-corrected chi connectivity index (χ4v) is 3.22. The number of rotatable bonds is 7. The molecule has 1 rings (SSSR count). The third-order valence-corrected chi connectivity index (χ3v) is 4.34. The Hall–Kier alpha value is -1.80. The summed E-state index contributed by atoms with van der Waals surface area (Å²) in [6, 6.07) is 3.04. The van der Waals surface area contributed by atoms with Crippen molar-refractivity contribution >= 4 is 16.0 Å². The van der Waals surface area contributed by atoms with Gasteiger partial charge in [0.05, 0.1) is 14.2 Å². The maximum atomic E-state index is 12.4. The van der Waals surface area contributed by atoms with Crippen molar-refractivity contribution in [3.63, 3.8) is 0 Å². The normalized spacial score (nSPS) is 13.0. The van der Waals surface area contributed by atoms with Gasteiger partial charge in [0.1, 0.15) is 22.4 Å². The zero-order valence-electron chi connectivity index (χ0n) is 12.3. The Morgan fingerprint density at radius 1 is 1.24 bits per heavy atom. The average Bonchev–Trinajstić information content (AvgIpc) is 2.43. The number of carbonyl (C=O) groups is 1. The van der Waals surface area contributed by atoms with Crippen LogP contribution in [0.1, 0.15) is 13.8 Å². The van der Waals surface area contributed by atoms with Crippen molar-refractivity contribution < 1.29 is 27.8 Å². The van der Waals surface area contributed by atoms with Crippen LogP contribution in [0.2, 0.25) is 0 Å². The molecule has 0 amide bonds. The van der Waals surface area contributed by atoms with Crippen LogP contribution in [0.4, 0.5) is 0 Å². The van der Waals surface area contributed by atoms with E-state index in [1.807, 2.05) is 0 Å². The van der Waals surface area contributed by atoms with E-state index >= 15 is 0 Å². The number of sulfonamides is 1. The molecule has 0 aliphatic rings. The molecule has 2 N–H and O–H groups in total. The summed E-state index contributed by atoms with van der Waals surface area (Å²) in [6.45, 7) is 3.23. The number of carboxylic acid groups (broad SMARTS) is 1. The number of hydrogen-bond acceptors (Lipinski definition) is 5. The van der Waals surface area contributed by atoms with E-state index in [0.717, 1.165) is 0 Å². The molecule has 0 aliphatic carbocycles. The standard InChI is InChI=1S/C13H19NO6S/c1-8(2)12(13(15)16)14-21(17,18)11-7-9(19-3)5-6-10(11)20-4/h5-8,12,14H,1-4H3,(H,15,16). The van der Waals surface area contributed by atoms with Crippen LogP contribution in [0, 0.1) is 5.92 Å². The van der Waals surface area contributed by atoms with Crippen molar-refractivity contribution in [1.29, 1.82) is 0 Å². The van der Waals surface area contributed by atoms with Gasteiger partial charge in [0.15, 0.2) is 0 Å².